The molecule has 1 aromatic carbocycles. The third-order valence-corrected chi connectivity index (χ3v) is 5.03. The van der Waals surface area contributed by atoms with E-state index in [0.29, 0.717) is 24.1 Å². The van der Waals surface area contributed by atoms with Crippen LogP contribution >= 0.6 is 15.9 Å². The highest BCUT2D eigenvalue weighted by Gasteiger charge is 2.47. The minimum absolute atomic E-state index is 0.243. The molecule has 2 unspecified atom stereocenters. The Bertz CT molecular complexity index is 350. The van der Waals surface area contributed by atoms with Crippen LogP contribution < -0.4 is 4.74 Å². The van der Waals surface area contributed by atoms with Crippen molar-refractivity contribution in [2.45, 2.75) is 31.2 Å². The van der Waals surface area contributed by atoms with E-state index >= 15 is 0 Å². The van der Waals surface area contributed by atoms with Crippen molar-refractivity contribution in [3.63, 3.8) is 0 Å². The molecule has 2 atom stereocenters. The summed E-state index contributed by atoms with van der Waals surface area (Å²) in [5.74, 6) is 0.905. The van der Waals surface area contributed by atoms with Gasteiger partial charge in [0.05, 0.1) is 12.7 Å². The van der Waals surface area contributed by atoms with E-state index in [9.17, 15) is 0 Å². The van der Waals surface area contributed by atoms with Gasteiger partial charge in [0.15, 0.2) is 0 Å². The van der Waals surface area contributed by atoms with Crippen LogP contribution in [0.4, 0.5) is 0 Å². The van der Waals surface area contributed by atoms with Crippen LogP contribution in [0.2, 0.25) is 0 Å². The average molecular weight is 299 g/mol. The molecule has 1 fully saturated rings. The van der Waals surface area contributed by atoms with Gasteiger partial charge < -0.3 is 9.47 Å². The van der Waals surface area contributed by atoms with Crippen molar-refractivity contribution < 1.29 is 9.47 Å². The zero-order chi connectivity index (χ0) is 12.3. The molecule has 17 heavy (non-hydrogen) atoms. The van der Waals surface area contributed by atoms with Crippen molar-refractivity contribution in [1.82, 2.24) is 0 Å². The first-order valence-corrected chi connectivity index (χ1v) is 6.96. The second-order valence-electron chi connectivity index (χ2n) is 5.05. The Balaban J connectivity index is 1.65. The zero-order valence-corrected chi connectivity index (χ0v) is 11.9. The van der Waals surface area contributed by atoms with E-state index in [2.05, 4.69) is 29.8 Å². The fourth-order valence-corrected chi connectivity index (χ4v) is 2.62. The van der Waals surface area contributed by atoms with Gasteiger partial charge in [-0.1, -0.05) is 48.0 Å². The Kier molecular flexibility index (Phi) is 4.10. The molecular formula is C14H19BrO2. The molecule has 3 heteroatoms. The molecule has 2 nitrogen and oxygen atoms in total. The molecule has 0 heterocycles. The topological polar surface area (TPSA) is 18.5 Å². The smallest absolute Gasteiger partial charge is 0.119 e. The van der Waals surface area contributed by atoms with Crippen molar-refractivity contribution in [2.24, 2.45) is 5.41 Å². The molecule has 2 rings (SSSR count). The van der Waals surface area contributed by atoms with Gasteiger partial charge in [-0.25, -0.2) is 0 Å². The number of rotatable bonds is 5. The summed E-state index contributed by atoms with van der Waals surface area (Å²) in [5.41, 5.74) is 0.243. The number of ether oxygens (including phenoxy) is 2. The molecule has 0 saturated heterocycles. The maximum Gasteiger partial charge on any atom is 0.119 e. The SMILES string of the molecule is CC1(C)C(Br)CC1OCCOc1ccccc1. The van der Waals surface area contributed by atoms with Crippen LogP contribution in [0, 0.1) is 5.41 Å². The fourth-order valence-electron chi connectivity index (χ4n) is 1.99. The van der Waals surface area contributed by atoms with Gasteiger partial charge in [-0.15, -0.1) is 0 Å². The third kappa shape index (κ3) is 3.02. The Morgan fingerprint density at radius 2 is 1.94 bits per heavy atom. The Morgan fingerprint density at radius 1 is 1.24 bits per heavy atom. The summed E-state index contributed by atoms with van der Waals surface area (Å²) in [6.07, 6.45) is 1.45. The Morgan fingerprint density at radius 3 is 2.53 bits per heavy atom. The van der Waals surface area contributed by atoms with Gasteiger partial charge in [0.25, 0.3) is 0 Å². The maximum atomic E-state index is 5.83. The molecule has 1 aliphatic carbocycles. The standard InChI is InChI=1S/C14H19BrO2/c1-14(2)12(15)10-13(14)17-9-8-16-11-6-4-3-5-7-11/h3-7,12-13H,8-10H2,1-2H3. The van der Waals surface area contributed by atoms with Crippen molar-refractivity contribution in [3.8, 4) is 5.75 Å². The summed E-state index contributed by atoms with van der Waals surface area (Å²) in [5, 5.41) is 0. The predicted octanol–water partition coefficient (Wildman–Crippen LogP) is 3.64. The number of hydrogen-bond acceptors (Lipinski definition) is 2. The van der Waals surface area contributed by atoms with Crippen LogP contribution in [0.1, 0.15) is 20.3 Å². The Hall–Kier alpha value is -0.540. The lowest BCUT2D eigenvalue weighted by atomic mass is 9.69. The summed E-state index contributed by atoms with van der Waals surface area (Å²) in [6, 6.07) is 9.85. The van der Waals surface area contributed by atoms with Crippen molar-refractivity contribution >= 4 is 15.9 Å². The van der Waals surface area contributed by atoms with Gasteiger partial charge in [-0.3, -0.25) is 0 Å². The predicted molar refractivity (Wildman–Crippen MR) is 72.8 cm³/mol. The van der Waals surface area contributed by atoms with E-state index in [1.807, 2.05) is 30.3 Å². The summed E-state index contributed by atoms with van der Waals surface area (Å²) in [6.45, 7) is 5.74. The van der Waals surface area contributed by atoms with E-state index in [1.165, 1.54) is 0 Å². The highest BCUT2D eigenvalue weighted by Crippen LogP contribution is 2.47. The molecule has 1 aliphatic rings. The number of alkyl halides is 1. The summed E-state index contributed by atoms with van der Waals surface area (Å²) >= 11 is 3.66. The molecule has 0 amide bonds. The number of benzene rings is 1. The van der Waals surface area contributed by atoms with Gasteiger partial charge in [0.1, 0.15) is 12.4 Å². The average Bonchev–Trinajstić information content (AvgIpc) is 2.34. The quantitative estimate of drug-likeness (QED) is 0.610. The van der Waals surface area contributed by atoms with E-state index in [1.54, 1.807) is 0 Å². The molecule has 0 aromatic heterocycles. The fraction of sp³-hybridized carbons (Fsp3) is 0.571. The lowest BCUT2D eigenvalue weighted by molar-refractivity contribution is -0.0907. The zero-order valence-electron chi connectivity index (χ0n) is 10.4. The maximum absolute atomic E-state index is 5.83. The van der Waals surface area contributed by atoms with Crippen molar-refractivity contribution in [2.75, 3.05) is 13.2 Å². The number of halogens is 1. The van der Waals surface area contributed by atoms with E-state index < -0.39 is 0 Å². The molecule has 0 N–H and O–H groups in total. The first-order valence-electron chi connectivity index (χ1n) is 6.04. The minimum atomic E-state index is 0.243. The van der Waals surface area contributed by atoms with Crippen LogP contribution in [0.3, 0.4) is 0 Å². The van der Waals surface area contributed by atoms with E-state index in [0.717, 1.165) is 12.2 Å². The Labute approximate surface area is 111 Å². The molecular weight excluding hydrogens is 280 g/mol. The second-order valence-corrected chi connectivity index (χ2v) is 6.15. The first kappa shape index (κ1) is 12.9. The lowest BCUT2D eigenvalue weighted by Gasteiger charge is -2.48. The monoisotopic (exact) mass is 298 g/mol. The van der Waals surface area contributed by atoms with E-state index in [-0.39, 0.29) is 5.41 Å². The summed E-state index contributed by atoms with van der Waals surface area (Å²) in [7, 11) is 0. The van der Waals surface area contributed by atoms with Gasteiger partial charge in [-0.05, 0) is 18.6 Å². The molecule has 0 radical (unpaired) electrons. The highest BCUT2D eigenvalue weighted by molar-refractivity contribution is 9.09. The van der Waals surface area contributed by atoms with Crippen LogP contribution in [-0.4, -0.2) is 24.1 Å². The molecule has 0 bridgehead atoms. The van der Waals surface area contributed by atoms with Crippen LogP contribution in [0.5, 0.6) is 5.75 Å². The van der Waals surface area contributed by atoms with Crippen LogP contribution in [-0.2, 0) is 4.74 Å². The number of hydrogen-bond donors (Lipinski definition) is 0. The second kappa shape index (κ2) is 5.40. The normalized spacial score (nSPS) is 26.3. The summed E-state index contributed by atoms with van der Waals surface area (Å²) < 4.78 is 11.4. The third-order valence-electron chi connectivity index (χ3n) is 3.47. The highest BCUT2D eigenvalue weighted by atomic mass is 79.9. The molecule has 0 aliphatic heterocycles. The van der Waals surface area contributed by atoms with Gasteiger partial charge in [-0.2, -0.15) is 0 Å². The van der Waals surface area contributed by atoms with Crippen LogP contribution in [0.25, 0.3) is 0 Å². The van der Waals surface area contributed by atoms with Crippen molar-refractivity contribution in [3.05, 3.63) is 30.3 Å². The minimum Gasteiger partial charge on any atom is -0.491 e. The molecule has 0 spiro atoms. The van der Waals surface area contributed by atoms with Crippen molar-refractivity contribution in [1.29, 1.82) is 0 Å². The summed E-state index contributed by atoms with van der Waals surface area (Å²) in [4.78, 5) is 0.579. The molecule has 1 aromatic rings. The molecule has 1 saturated carbocycles. The lowest BCUT2D eigenvalue weighted by Crippen LogP contribution is -2.51. The van der Waals surface area contributed by atoms with Gasteiger partial charge >= 0.3 is 0 Å². The van der Waals surface area contributed by atoms with Gasteiger partial charge in [0.2, 0.25) is 0 Å². The van der Waals surface area contributed by atoms with Crippen LogP contribution in [0.15, 0.2) is 30.3 Å². The first-order chi connectivity index (χ1) is 8.10. The van der Waals surface area contributed by atoms with E-state index in [4.69, 9.17) is 9.47 Å². The van der Waals surface area contributed by atoms with Gasteiger partial charge in [0, 0.05) is 10.2 Å². The number of para-hydroxylation sites is 1. The largest absolute Gasteiger partial charge is 0.491 e. The molecule has 94 valence electrons.